The summed E-state index contributed by atoms with van der Waals surface area (Å²) in [5.74, 6) is 0.874. The Hall–Kier alpha value is -6.51. The highest BCUT2D eigenvalue weighted by Gasteiger charge is 2.18. The van der Waals surface area contributed by atoms with E-state index in [-0.39, 0.29) is 0 Å². The third-order valence-electron chi connectivity index (χ3n) is 9.93. The Kier molecular flexibility index (Phi) is 7.83. The van der Waals surface area contributed by atoms with Gasteiger partial charge in [-0.15, -0.1) is 0 Å². The molecule has 9 aromatic carbocycles. The Bertz CT molecular complexity index is 2740. The van der Waals surface area contributed by atoms with E-state index in [0.717, 1.165) is 23.6 Å². The molecule has 0 aromatic heterocycles. The van der Waals surface area contributed by atoms with Crippen LogP contribution in [0.25, 0.3) is 76.5 Å². The molecule has 9 aromatic rings. The number of nitrogens with zero attached hydrogens (tertiary/aromatic N) is 1. The minimum Gasteiger partial charge on any atom is -0.370 e. The second-order valence-corrected chi connectivity index (χ2v) is 13.1. The average Bonchev–Trinajstić information content (AvgIpc) is 3.19. The molecule has 0 unspecified atom stereocenters. The van der Waals surface area contributed by atoms with Crippen molar-refractivity contribution in [1.82, 2.24) is 5.32 Å². The normalized spacial score (nSPS) is 11.8. The summed E-state index contributed by atoms with van der Waals surface area (Å²) in [6, 6.07) is 65.9. The summed E-state index contributed by atoms with van der Waals surface area (Å²) in [4.78, 5) is 4.92. The number of hydrogen-bond donors (Lipinski definition) is 1. The number of rotatable bonds is 6. The second-order valence-electron chi connectivity index (χ2n) is 13.1. The van der Waals surface area contributed by atoms with Gasteiger partial charge in [0.1, 0.15) is 5.84 Å². The topological polar surface area (TPSA) is 24.4 Å². The van der Waals surface area contributed by atoms with Gasteiger partial charge in [-0.25, -0.2) is 4.99 Å². The van der Waals surface area contributed by atoms with E-state index in [9.17, 15) is 0 Å². The molecule has 1 N–H and O–H groups in total. The van der Waals surface area contributed by atoms with E-state index in [2.05, 4.69) is 164 Å². The number of amidine groups is 1. The molecule has 0 spiro atoms. The van der Waals surface area contributed by atoms with Gasteiger partial charge in [-0.05, 0) is 114 Å². The molecule has 0 aliphatic rings. The molecule has 0 saturated heterocycles. The van der Waals surface area contributed by atoms with E-state index < -0.39 is 0 Å². The quantitative estimate of drug-likeness (QED) is 0.108. The molecule has 2 heteroatoms. The van der Waals surface area contributed by atoms with Crippen molar-refractivity contribution in [3.63, 3.8) is 0 Å². The summed E-state index contributed by atoms with van der Waals surface area (Å²) in [7, 11) is 0. The van der Waals surface area contributed by atoms with E-state index in [0.29, 0.717) is 0 Å². The van der Waals surface area contributed by atoms with Crippen LogP contribution in [0.4, 0.5) is 5.69 Å². The van der Waals surface area contributed by atoms with Crippen LogP contribution in [0.15, 0.2) is 187 Å². The highest BCUT2D eigenvalue weighted by atomic mass is 15.0. The van der Waals surface area contributed by atoms with Gasteiger partial charge >= 0.3 is 0 Å². The lowest BCUT2D eigenvalue weighted by atomic mass is 9.84. The van der Waals surface area contributed by atoms with Gasteiger partial charge in [-0.2, -0.15) is 0 Å². The van der Waals surface area contributed by atoms with Crippen LogP contribution in [0.3, 0.4) is 0 Å². The maximum absolute atomic E-state index is 4.92. The van der Waals surface area contributed by atoms with E-state index >= 15 is 0 Å². The molecule has 2 nitrogen and oxygen atoms in total. The summed E-state index contributed by atoms with van der Waals surface area (Å²) >= 11 is 0. The van der Waals surface area contributed by atoms with Crippen molar-refractivity contribution < 1.29 is 0 Å². The Balaban J connectivity index is 1.26. The minimum absolute atomic E-state index is 0.795. The molecule has 0 aliphatic carbocycles. The Morgan fingerprint density at radius 1 is 0.412 bits per heavy atom. The van der Waals surface area contributed by atoms with Crippen LogP contribution >= 0.6 is 0 Å². The van der Waals surface area contributed by atoms with Gasteiger partial charge < -0.3 is 5.32 Å². The zero-order valence-electron chi connectivity index (χ0n) is 28.5. The molecule has 9 rings (SSSR count). The number of nitrogens with one attached hydrogen (secondary N) is 1. The average molecular weight is 653 g/mol. The van der Waals surface area contributed by atoms with E-state index in [1.165, 1.54) is 76.5 Å². The van der Waals surface area contributed by atoms with Crippen molar-refractivity contribution >= 4 is 54.6 Å². The van der Waals surface area contributed by atoms with Crippen molar-refractivity contribution in [1.29, 1.82) is 0 Å². The molecule has 242 valence electrons. The summed E-state index contributed by atoms with van der Waals surface area (Å²) in [6.45, 7) is 2.90. The smallest absolute Gasteiger partial charge is 0.133 e. The first-order chi connectivity index (χ1) is 25.2. The number of hydrogen-bond acceptors (Lipinski definition) is 1. The van der Waals surface area contributed by atoms with Crippen LogP contribution in [0.1, 0.15) is 12.5 Å². The number of fused-ring (bicyclic) bond motifs is 4. The number of aliphatic imine (C=N–C) groups is 1. The van der Waals surface area contributed by atoms with Gasteiger partial charge in [0.05, 0.1) is 5.69 Å². The highest BCUT2D eigenvalue weighted by Crippen LogP contribution is 2.45. The Morgan fingerprint density at radius 2 is 0.902 bits per heavy atom. The first-order valence-electron chi connectivity index (χ1n) is 17.7. The maximum atomic E-state index is 4.92. The van der Waals surface area contributed by atoms with Crippen molar-refractivity contribution in [2.45, 2.75) is 6.92 Å². The number of para-hydroxylation sites is 1. The van der Waals surface area contributed by atoms with Crippen molar-refractivity contribution in [2.24, 2.45) is 4.99 Å². The van der Waals surface area contributed by atoms with E-state index in [1.807, 2.05) is 30.3 Å². The summed E-state index contributed by atoms with van der Waals surface area (Å²) in [5.41, 5.74) is 9.32. The summed E-state index contributed by atoms with van der Waals surface area (Å²) in [5, 5.41) is 13.5. The van der Waals surface area contributed by atoms with E-state index in [4.69, 9.17) is 4.99 Å². The van der Waals surface area contributed by atoms with Gasteiger partial charge in [-0.3, -0.25) is 0 Å². The van der Waals surface area contributed by atoms with Crippen LogP contribution in [-0.2, 0) is 0 Å². The molecule has 51 heavy (non-hydrogen) atoms. The largest absolute Gasteiger partial charge is 0.370 e. The van der Waals surface area contributed by atoms with Crippen molar-refractivity contribution in [2.75, 3.05) is 6.54 Å². The zero-order valence-corrected chi connectivity index (χ0v) is 28.5. The third kappa shape index (κ3) is 5.71. The van der Waals surface area contributed by atoms with E-state index in [1.54, 1.807) is 0 Å². The van der Waals surface area contributed by atoms with Crippen molar-refractivity contribution in [3.05, 3.63) is 188 Å². The monoisotopic (exact) mass is 652 g/mol. The van der Waals surface area contributed by atoms with Crippen molar-refractivity contribution in [3.8, 4) is 33.4 Å². The van der Waals surface area contributed by atoms with Gasteiger partial charge in [0.25, 0.3) is 0 Å². The standard InChI is InChI=1S/C49H36N2/c1-2-50-49(51-42-16-4-3-5-17-42)36-24-20-35(21-25-36)39-28-29-45-46(32-39)48(41-27-23-34-13-7-9-15-38(34)31-41)44-19-11-10-18-43(44)47(45)40-26-22-33-12-6-8-14-37(33)30-40/h3-32H,2H2,1H3,(H,50,51). The fourth-order valence-corrected chi connectivity index (χ4v) is 7.50. The second kappa shape index (κ2) is 13.1. The van der Waals surface area contributed by atoms with Gasteiger partial charge in [-0.1, -0.05) is 152 Å². The van der Waals surface area contributed by atoms with Crippen LogP contribution in [0, 0.1) is 0 Å². The lowest BCUT2D eigenvalue weighted by Gasteiger charge is -2.19. The van der Waals surface area contributed by atoms with Crippen LogP contribution in [-0.4, -0.2) is 12.4 Å². The van der Waals surface area contributed by atoms with Gasteiger partial charge in [0, 0.05) is 12.1 Å². The molecule has 0 aliphatic heterocycles. The first-order valence-corrected chi connectivity index (χ1v) is 17.7. The maximum Gasteiger partial charge on any atom is 0.133 e. The molecular weight excluding hydrogens is 617 g/mol. The minimum atomic E-state index is 0.795. The molecule has 0 saturated carbocycles. The summed E-state index contributed by atoms with van der Waals surface area (Å²) in [6.07, 6.45) is 0. The lowest BCUT2D eigenvalue weighted by Crippen LogP contribution is -2.23. The van der Waals surface area contributed by atoms with Crippen LogP contribution in [0.2, 0.25) is 0 Å². The molecule has 0 bridgehead atoms. The zero-order chi connectivity index (χ0) is 34.1. The SMILES string of the molecule is CCNC(=Nc1ccccc1)c1ccc(-c2ccc3c(-c4ccc5ccccc5c4)c4ccccc4c(-c4ccc5ccccc5c4)c3c2)cc1. The molecule has 0 amide bonds. The molecule has 0 atom stereocenters. The molecule has 0 heterocycles. The lowest BCUT2D eigenvalue weighted by molar-refractivity contribution is 0.966. The van der Waals surface area contributed by atoms with Crippen LogP contribution < -0.4 is 5.32 Å². The highest BCUT2D eigenvalue weighted by molar-refractivity contribution is 6.22. The predicted molar refractivity (Wildman–Crippen MR) is 219 cm³/mol. The number of benzene rings is 9. The molecule has 0 radical (unpaired) electrons. The molecule has 0 fully saturated rings. The third-order valence-corrected chi connectivity index (χ3v) is 9.93. The summed E-state index contributed by atoms with van der Waals surface area (Å²) < 4.78 is 0. The van der Waals surface area contributed by atoms with Crippen LogP contribution in [0.5, 0.6) is 0 Å². The van der Waals surface area contributed by atoms with Gasteiger partial charge in [0.2, 0.25) is 0 Å². The fraction of sp³-hybridized carbons (Fsp3) is 0.0408. The Morgan fingerprint density at radius 3 is 1.51 bits per heavy atom. The predicted octanol–water partition coefficient (Wildman–Crippen LogP) is 13.0. The Labute approximate surface area is 298 Å². The molecular formula is C49H36N2. The van der Waals surface area contributed by atoms with Gasteiger partial charge in [0.15, 0.2) is 0 Å². The fourth-order valence-electron chi connectivity index (χ4n) is 7.50. The first kappa shape index (κ1) is 30.5.